The lowest BCUT2D eigenvalue weighted by Crippen LogP contribution is -2.15. The fourth-order valence-corrected chi connectivity index (χ4v) is 4.43. The summed E-state index contributed by atoms with van der Waals surface area (Å²) in [4.78, 5) is 0. The van der Waals surface area contributed by atoms with Gasteiger partial charge in [0, 0.05) is 21.2 Å². The largest absolute Gasteiger partial charge is 0.310 e. The van der Waals surface area contributed by atoms with Crippen LogP contribution in [-0.4, -0.2) is 4.57 Å². The first-order valence-corrected chi connectivity index (χ1v) is 10.8. The highest BCUT2D eigenvalue weighted by atomic mass is 79.9. The molecule has 1 heterocycles. The molecule has 0 bridgehead atoms. The SMILES string of the molecule is C=C1C/C=C\C=C/CC(C)(C)/C1=C/c1cc2cc(Br)ccc2n1-c1ccccc1. The van der Waals surface area contributed by atoms with Crippen molar-refractivity contribution in [1.82, 2.24) is 4.57 Å². The zero-order chi connectivity index (χ0) is 20.4. The first-order valence-electron chi connectivity index (χ1n) is 10.0. The quantitative estimate of drug-likeness (QED) is 0.375. The third-order valence-electron chi connectivity index (χ3n) is 5.58. The van der Waals surface area contributed by atoms with Gasteiger partial charge in [0.1, 0.15) is 0 Å². The number of allylic oxidation sites excluding steroid dienone is 6. The average molecular weight is 444 g/mol. The van der Waals surface area contributed by atoms with E-state index in [-0.39, 0.29) is 5.41 Å². The average Bonchev–Trinajstić information content (AvgIpc) is 3.07. The Morgan fingerprint density at radius 2 is 1.76 bits per heavy atom. The van der Waals surface area contributed by atoms with Gasteiger partial charge < -0.3 is 4.57 Å². The van der Waals surface area contributed by atoms with Crippen molar-refractivity contribution in [3.8, 4) is 5.69 Å². The molecule has 0 atom stereocenters. The summed E-state index contributed by atoms with van der Waals surface area (Å²) in [6, 6.07) is 19.3. The van der Waals surface area contributed by atoms with Gasteiger partial charge in [0.05, 0.1) is 5.52 Å². The van der Waals surface area contributed by atoms with Crippen LogP contribution in [0.4, 0.5) is 0 Å². The van der Waals surface area contributed by atoms with Crippen LogP contribution in [0.3, 0.4) is 0 Å². The van der Waals surface area contributed by atoms with E-state index in [0.717, 1.165) is 17.3 Å². The van der Waals surface area contributed by atoms with Gasteiger partial charge in [-0.05, 0) is 71.9 Å². The molecule has 1 nitrogen and oxygen atoms in total. The molecule has 0 radical (unpaired) electrons. The molecule has 4 rings (SSSR count). The molecule has 0 unspecified atom stereocenters. The number of hydrogen-bond donors (Lipinski definition) is 0. The molecule has 0 aliphatic heterocycles. The summed E-state index contributed by atoms with van der Waals surface area (Å²) < 4.78 is 3.44. The lowest BCUT2D eigenvalue weighted by molar-refractivity contribution is 0.461. The Bertz CT molecular complexity index is 1140. The predicted octanol–water partition coefficient (Wildman–Crippen LogP) is 8.27. The molecule has 1 aromatic heterocycles. The third kappa shape index (κ3) is 4.09. The fourth-order valence-electron chi connectivity index (χ4n) is 4.05. The smallest absolute Gasteiger partial charge is 0.0535 e. The summed E-state index contributed by atoms with van der Waals surface area (Å²) >= 11 is 3.62. The van der Waals surface area contributed by atoms with Crippen LogP contribution in [-0.2, 0) is 0 Å². The molecular weight excluding hydrogens is 418 g/mol. The molecule has 2 aromatic carbocycles. The molecule has 3 aromatic rings. The van der Waals surface area contributed by atoms with Crippen LogP contribution in [0, 0.1) is 5.41 Å². The number of rotatable bonds is 2. The van der Waals surface area contributed by atoms with Crippen LogP contribution in [0.1, 0.15) is 32.4 Å². The van der Waals surface area contributed by atoms with Gasteiger partial charge in [-0.15, -0.1) is 0 Å². The van der Waals surface area contributed by atoms with Crippen LogP contribution >= 0.6 is 15.9 Å². The molecule has 0 amide bonds. The van der Waals surface area contributed by atoms with E-state index < -0.39 is 0 Å². The summed E-state index contributed by atoms with van der Waals surface area (Å²) in [5.41, 5.74) is 6.06. The van der Waals surface area contributed by atoms with Gasteiger partial charge in [-0.2, -0.15) is 0 Å². The molecule has 0 saturated carbocycles. The van der Waals surface area contributed by atoms with E-state index >= 15 is 0 Å². The second kappa shape index (κ2) is 8.04. The monoisotopic (exact) mass is 443 g/mol. The number of para-hydroxylation sites is 1. The maximum atomic E-state index is 4.44. The standard InChI is InChI=1S/C27H26BrN/c1-20-11-7-4-5-10-16-27(2,3)25(20)19-24-18-21-17-22(28)14-15-26(21)29(24)23-12-8-6-9-13-23/h4-10,12-15,17-19H,1,11,16H2,2-3H3/b7-4-,10-5-,25-19+. The van der Waals surface area contributed by atoms with E-state index in [0.29, 0.717) is 0 Å². The Labute approximate surface area is 181 Å². The van der Waals surface area contributed by atoms with Crippen molar-refractivity contribution in [1.29, 1.82) is 0 Å². The number of nitrogens with zero attached hydrogens (tertiary/aromatic N) is 1. The first-order chi connectivity index (χ1) is 14.0. The molecule has 0 saturated heterocycles. The maximum absolute atomic E-state index is 4.44. The summed E-state index contributed by atoms with van der Waals surface area (Å²) in [7, 11) is 0. The molecule has 146 valence electrons. The van der Waals surface area contributed by atoms with Crippen molar-refractivity contribution in [2.75, 3.05) is 0 Å². The molecule has 2 heteroatoms. The summed E-state index contributed by atoms with van der Waals surface area (Å²) in [5.74, 6) is 0. The van der Waals surface area contributed by atoms with Crippen LogP contribution in [0.25, 0.3) is 22.7 Å². The lowest BCUT2D eigenvalue weighted by Gasteiger charge is -2.28. The number of aromatic nitrogens is 1. The maximum Gasteiger partial charge on any atom is 0.0535 e. The Morgan fingerprint density at radius 3 is 2.55 bits per heavy atom. The molecule has 0 fully saturated rings. The minimum Gasteiger partial charge on any atom is -0.310 e. The molecule has 0 spiro atoms. The number of halogens is 1. The Morgan fingerprint density at radius 1 is 1.00 bits per heavy atom. The second-order valence-corrected chi connectivity index (χ2v) is 9.17. The van der Waals surface area contributed by atoms with Crippen LogP contribution in [0.15, 0.2) is 101 Å². The molecule has 1 aliphatic carbocycles. The van der Waals surface area contributed by atoms with Crippen LogP contribution < -0.4 is 0 Å². The number of hydrogen-bond acceptors (Lipinski definition) is 0. The van der Waals surface area contributed by atoms with Crippen molar-refractivity contribution >= 4 is 32.9 Å². The number of fused-ring (bicyclic) bond motifs is 1. The lowest BCUT2D eigenvalue weighted by atomic mass is 9.76. The Hall–Kier alpha value is -2.58. The van der Waals surface area contributed by atoms with Gasteiger partial charge in [-0.25, -0.2) is 0 Å². The van der Waals surface area contributed by atoms with Gasteiger partial charge in [-0.1, -0.05) is 78.9 Å². The fraction of sp³-hybridized carbons (Fsp3) is 0.185. The van der Waals surface area contributed by atoms with Crippen molar-refractivity contribution in [3.63, 3.8) is 0 Å². The molecule has 29 heavy (non-hydrogen) atoms. The van der Waals surface area contributed by atoms with E-state index in [9.17, 15) is 0 Å². The van der Waals surface area contributed by atoms with Crippen molar-refractivity contribution in [2.45, 2.75) is 26.7 Å². The van der Waals surface area contributed by atoms with Crippen molar-refractivity contribution in [2.24, 2.45) is 5.41 Å². The highest BCUT2D eigenvalue weighted by molar-refractivity contribution is 9.10. The molecule has 1 aliphatic rings. The zero-order valence-corrected chi connectivity index (χ0v) is 18.6. The highest BCUT2D eigenvalue weighted by Crippen LogP contribution is 2.39. The van der Waals surface area contributed by atoms with Crippen molar-refractivity contribution in [3.05, 3.63) is 107 Å². The van der Waals surface area contributed by atoms with Gasteiger partial charge in [0.2, 0.25) is 0 Å². The van der Waals surface area contributed by atoms with E-state index in [1.807, 2.05) is 0 Å². The summed E-state index contributed by atoms with van der Waals surface area (Å²) in [5, 5.41) is 1.22. The minimum absolute atomic E-state index is 0.0121. The van der Waals surface area contributed by atoms with Crippen molar-refractivity contribution < 1.29 is 0 Å². The van der Waals surface area contributed by atoms with Crippen LogP contribution in [0.2, 0.25) is 0 Å². The number of benzene rings is 2. The highest BCUT2D eigenvalue weighted by Gasteiger charge is 2.25. The first kappa shape index (κ1) is 19.7. The van der Waals surface area contributed by atoms with Gasteiger partial charge in [-0.3, -0.25) is 0 Å². The topological polar surface area (TPSA) is 4.93 Å². The van der Waals surface area contributed by atoms with E-state index in [4.69, 9.17) is 0 Å². The van der Waals surface area contributed by atoms with Gasteiger partial charge in [0.15, 0.2) is 0 Å². The summed E-state index contributed by atoms with van der Waals surface area (Å²) in [6.45, 7) is 9.06. The Kier molecular flexibility index (Phi) is 5.47. The van der Waals surface area contributed by atoms with Gasteiger partial charge >= 0.3 is 0 Å². The zero-order valence-electron chi connectivity index (χ0n) is 17.0. The second-order valence-electron chi connectivity index (χ2n) is 8.25. The summed E-state index contributed by atoms with van der Waals surface area (Å²) in [6.07, 6.45) is 12.9. The van der Waals surface area contributed by atoms with E-state index in [1.54, 1.807) is 0 Å². The van der Waals surface area contributed by atoms with E-state index in [2.05, 4.69) is 126 Å². The van der Waals surface area contributed by atoms with Crippen LogP contribution in [0.5, 0.6) is 0 Å². The minimum atomic E-state index is 0.0121. The molecular formula is C27H26BrN. The molecule has 0 N–H and O–H groups in total. The normalized spacial score (nSPS) is 20.2. The Balaban J connectivity index is 1.96. The third-order valence-corrected chi connectivity index (χ3v) is 6.08. The van der Waals surface area contributed by atoms with Gasteiger partial charge in [0.25, 0.3) is 0 Å². The van der Waals surface area contributed by atoms with E-state index in [1.165, 1.54) is 33.4 Å². The predicted molar refractivity (Wildman–Crippen MR) is 129 cm³/mol.